The van der Waals surface area contributed by atoms with Crippen molar-refractivity contribution in [3.05, 3.63) is 15.6 Å². The highest BCUT2D eigenvalue weighted by Crippen LogP contribution is 2.27. The largest absolute Gasteiger partial charge is 0.338 e. The number of fused-ring (bicyclic) bond motifs is 1. The number of amides is 1. The van der Waals surface area contributed by atoms with Gasteiger partial charge in [0.1, 0.15) is 5.01 Å². The third kappa shape index (κ3) is 3.93. The van der Waals surface area contributed by atoms with Crippen LogP contribution in [-0.2, 0) is 24.2 Å². The van der Waals surface area contributed by atoms with Crippen molar-refractivity contribution in [2.24, 2.45) is 11.7 Å². The van der Waals surface area contributed by atoms with Crippen molar-refractivity contribution in [2.45, 2.75) is 52.1 Å². The lowest BCUT2D eigenvalue weighted by Gasteiger charge is -2.22. The number of aryl methyl sites for hydroxylation is 2. The molecule has 0 unspecified atom stereocenters. The SMILES string of the molecule is CC(C)[C@H](N)C(=O)N(C)Cc1nc2c(s1)CCCC2.Cl. The Kier molecular flexibility index (Phi) is 6.43. The van der Waals surface area contributed by atoms with Crippen LogP contribution in [-0.4, -0.2) is 28.9 Å². The smallest absolute Gasteiger partial charge is 0.239 e. The van der Waals surface area contributed by atoms with E-state index in [4.69, 9.17) is 5.73 Å². The molecule has 1 atom stereocenters. The van der Waals surface area contributed by atoms with Crippen LogP contribution < -0.4 is 5.73 Å². The molecule has 0 aromatic carbocycles. The van der Waals surface area contributed by atoms with E-state index in [9.17, 15) is 4.79 Å². The van der Waals surface area contributed by atoms with Crippen molar-refractivity contribution in [2.75, 3.05) is 7.05 Å². The van der Waals surface area contributed by atoms with Gasteiger partial charge < -0.3 is 10.6 Å². The van der Waals surface area contributed by atoms with Gasteiger partial charge in [-0.2, -0.15) is 0 Å². The van der Waals surface area contributed by atoms with E-state index in [-0.39, 0.29) is 24.2 Å². The van der Waals surface area contributed by atoms with Crippen molar-refractivity contribution in [3.63, 3.8) is 0 Å². The van der Waals surface area contributed by atoms with Crippen LogP contribution in [0.3, 0.4) is 0 Å². The number of hydrogen-bond donors (Lipinski definition) is 1. The van der Waals surface area contributed by atoms with Gasteiger partial charge in [0.15, 0.2) is 0 Å². The van der Waals surface area contributed by atoms with Gasteiger partial charge in [-0.1, -0.05) is 13.8 Å². The van der Waals surface area contributed by atoms with Crippen LogP contribution in [0.25, 0.3) is 0 Å². The highest BCUT2D eigenvalue weighted by molar-refractivity contribution is 7.11. The number of nitrogens with two attached hydrogens (primary N) is 1. The van der Waals surface area contributed by atoms with Gasteiger partial charge in [0.05, 0.1) is 18.3 Å². The summed E-state index contributed by atoms with van der Waals surface area (Å²) >= 11 is 1.76. The molecule has 2 rings (SSSR count). The average molecular weight is 318 g/mol. The molecular weight excluding hydrogens is 294 g/mol. The van der Waals surface area contributed by atoms with Crippen LogP contribution in [0.15, 0.2) is 0 Å². The van der Waals surface area contributed by atoms with Gasteiger partial charge in [0.2, 0.25) is 5.91 Å². The molecule has 1 aliphatic rings. The molecule has 114 valence electrons. The van der Waals surface area contributed by atoms with Crippen LogP contribution in [0, 0.1) is 5.92 Å². The number of halogens is 1. The number of nitrogens with zero attached hydrogens (tertiary/aromatic N) is 2. The molecule has 0 aliphatic heterocycles. The summed E-state index contributed by atoms with van der Waals surface area (Å²) in [5.41, 5.74) is 7.15. The summed E-state index contributed by atoms with van der Waals surface area (Å²) in [7, 11) is 1.81. The van der Waals surface area contributed by atoms with E-state index in [1.165, 1.54) is 23.4 Å². The minimum absolute atomic E-state index is 0. The molecule has 0 spiro atoms. The van der Waals surface area contributed by atoms with Crippen LogP contribution in [0.5, 0.6) is 0 Å². The summed E-state index contributed by atoms with van der Waals surface area (Å²) in [6.45, 7) is 4.52. The standard InChI is InChI=1S/C14H23N3OS.ClH/c1-9(2)13(15)14(18)17(3)8-12-16-10-6-4-5-7-11(10)19-12;/h9,13H,4-8,15H2,1-3H3;1H/t13-;/m0./s1. The maximum Gasteiger partial charge on any atom is 0.239 e. The maximum atomic E-state index is 12.1. The Hall–Kier alpha value is -0.650. The first kappa shape index (κ1) is 17.4. The van der Waals surface area contributed by atoms with Gasteiger partial charge in [0, 0.05) is 11.9 Å². The molecule has 0 fully saturated rings. The second-order valence-corrected chi connectivity index (χ2v) is 6.82. The molecular formula is C14H24ClN3OS. The van der Waals surface area contributed by atoms with E-state index in [1.54, 1.807) is 16.2 Å². The lowest BCUT2D eigenvalue weighted by atomic mass is 10.0. The molecule has 0 bridgehead atoms. The Morgan fingerprint density at radius 2 is 2.05 bits per heavy atom. The quantitative estimate of drug-likeness (QED) is 0.927. The Morgan fingerprint density at radius 3 is 2.65 bits per heavy atom. The maximum absolute atomic E-state index is 12.1. The zero-order chi connectivity index (χ0) is 14.0. The van der Waals surface area contributed by atoms with Crippen LogP contribution in [0.2, 0.25) is 0 Å². The van der Waals surface area contributed by atoms with Crippen molar-refractivity contribution >= 4 is 29.7 Å². The molecule has 1 amide bonds. The summed E-state index contributed by atoms with van der Waals surface area (Å²) in [4.78, 5) is 19.9. The van der Waals surface area contributed by atoms with Crippen molar-refractivity contribution in [1.29, 1.82) is 0 Å². The highest BCUT2D eigenvalue weighted by atomic mass is 35.5. The molecule has 1 heterocycles. The highest BCUT2D eigenvalue weighted by Gasteiger charge is 2.23. The molecule has 4 nitrogen and oxygen atoms in total. The molecule has 1 aromatic rings. The molecule has 1 aromatic heterocycles. The third-order valence-electron chi connectivity index (χ3n) is 3.64. The summed E-state index contributed by atoms with van der Waals surface area (Å²) in [5, 5.41) is 1.04. The number of aromatic nitrogens is 1. The van der Waals surface area contributed by atoms with Crippen molar-refractivity contribution in [3.8, 4) is 0 Å². The van der Waals surface area contributed by atoms with E-state index in [0.29, 0.717) is 6.54 Å². The molecule has 0 radical (unpaired) electrons. The Bertz CT molecular complexity index is 438. The lowest BCUT2D eigenvalue weighted by molar-refractivity contribution is -0.132. The first-order chi connectivity index (χ1) is 8.99. The fraction of sp³-hybridized carbons (Fsp3) is 0.714. The van der Waals surface area contributed by atoms with E-state index in [2.05, 4.69) is 4.98 Å². The summed E-state index contributed by atoms with van der Waals surface area (Å²) in [6, 6.07) is -0.417. The van der Waals surface area contributed by atoms with Crippen LogP contribution in [0.1, 0.15) is 42.3 Å². The number of rotatable bonds is 4. The molecule has 20 heavy (non-hydrogen) atoms. The molecule has 1 aliphatic carbocycles. The zero-order valence-corrected chi connectivity index (χ0v) is 14.0. The van der Waals surface area contributed by atoms with Crippen LogP contribution >= 0.6 is 23.7 Å². The second-order valence-electron chi connectivity index (χ2n) is 5.65. The number of thiazole rings is 1. The average Bonchev–Trinajstić information content (AvgIpc) is 2.78. The predicted molar refractivity (Wildman–Crippen MR) is 85.3 cm³/mol. The van der Waals surface area contributed by atoms with Gasteiger partial charge in [-0.25, -0.2) is 4.98 Å². The number of likely N-dealkylation sites (N-methyl/N-ethyl adjacent to an activating group) is 1. The predicted octanol–water partition coefficient (Wildman–Crippen LogP) is 2.39. The van der Waals surface area contributed by atoms with E-state index in [1.807, 2.05) is 20.9 Å². The summed E-state index contributed by atoms with van der Waals surface area (Å²) in [6.07, 6.45) is 4.75. The summed E-state index contributed by atoms with van der Waals surface area (Å²) in [5.74, 6) is 0.169. The first-order valence-electron chi connectivity index (χ1n) is 6.97. The van der Waals surface area contributed by atoms with E-state index < -0.39 is 6.04 Å². The molecule has 0 saturated carbocycles. The monoisotopic (exact) mass is 317 g/mol. The fourth-order valence-electron chi connectivity index (χ4n) is 2.29. The number of carbonyl (C=O) groups is 1. The normalized spacial score (nSPS) is 15.4. The molecule has 0 saturated heterocycles. The van der Waals surface area contributed by atoms with E-state index in [0.717, 1.165) is 17.8 Å². The fourth-order valence-corrected chi connectivity index (χ4v) is 3.50. The number of carbonyl (C=O) groups excluding carboxylic acids is 1. The minimum atomic E-state index is -0.417. The van der Waals surface area contributed by atoms with Gasteiger partial charge in [0.25, 0.3) is 0 Å². The number of hydrogen-bond acceptors (Lipinski definition) is 4. The van der Waals surface area contributed by atoms with Gasteiger partial charge in [-0.3, -0.25) is 4.79 Å². The van der Waals surface area contributed by atoms with Gasteiger partial charge >= 0.3 is 0 Å². The molecule has 6 heteroatoms. The first-order valence-corrected chi connectivity index (χ1v) is 7.78. The van der Waals surface area contributed by atoms with Crippen molar-refractivity contribution < 1.29 is 4.79 Å². The van der Waals surface area contributed by atoms with Gasteiger partial charge in [-0.05, 0) is 31.6 Å². The van der Waals surface area contributed by atoms with E-state index >= 15 is 0 Å². The Morgan fingerprint density at radius 1 is 1.40 bits per heavy atom. The van der Waals surface area contributed by atoms with Crippen molar-refractivity contribution in [1.82, 2.24) is 9.88 Å². The minimum Gasteiger partial charge on any atom is -0.338 e. The molecule has 2 N–H and O–H groups in total. The van der Waals surface area contributed by atoms with Gasteiger partial charge in [-0.15, -0.1) is 23.7 Å². The second kappa shape index (κ2) is 7.38. The third-order valence-corrected chi connectivity index (χ3v) is 4.78. The Labute approximate surface area is 131 Å². The van der Waals surface area contributed by atoms with Crippen LogP contribution in [0.4, 0.5) is 0 Å². The zero-order valence-electron chi connectivity index (χ0n) is 12.4. The topological polar surface area (TPSA) is 59.2 Å². The Balaban J connectivity index is 0.00000200. The summed E-state index contributed by atoms with van der Waals surface area (Å²) < 4.78 is 0. The lowest BCUT2D eigenvalue weighted by Crippen LogP contribution is -2.44.